The zero-order valence-electron chi connectivity index (χ0n) is 11.4. The molecule has 0 aromatic heterocycles. The first-order valence-corrected chi connectivity index (χ1v) is 7.09. The van der Waals surface area contributed by atoms with E-state index in [1.165, 1.54) is 18.4 Å². The Morgan fingerprint density at radius 2 is 2.06 bits per heavy atom. The Hall–Kier alpha value is -0.570. The van der Waals surface area contributed by atoms with Gasteiger partial charge in [-0.3, -0.25) is 0 Å². The van der Waals surface area contributed by atoms with Gasteiger partial charge < -0.3 is 10.2 Å². The van der Waals surface area contributed by atoms with Gasteiger partial charge in [0, 0.05) is 18.1 Å². The molecule has 0 bridgehead atoms. The fourth-order valence-electron chi connectivity index (χ4n) is 2.84. The van der Waals surface area contributed by atoms with E-state index in [9.17, 15) is 0 Å². The highest BCUT2D eigenvalue weighted by Crippen LogP contribution is 2.29. The Bertz CT molecular complexity index is 386. The summed E-state index contributed by atoms with van der Waals surface area (Å²) in [6, 6.07) is 8.16. The van der Waals surface area contributed by atoms with Crippen molar-refractivity contribution >= 4 is 11.6 Å². The summed E-state index contributed by atoms with van der Waals surface area (Å²) in [4.78, 5) is 2.41. The lowest BCUT2D eigenvalue weighted by molar-refractivity contribution is 0.143. The molecule has 0 aliphatic carbocycles. The van der Waals surface area contributed by atoms with Crippen molar-refractivity contribution in [2.45, 2.75) is 26.3 Å². The van der Waals surface area contributed by atoms with E-state index in [0.717, 1.165) is 31.2 Å². The van der Waals surface area contributed by atoms with Gasteiger partial charge in [-0.15, -0.1) is 0 Å². The van der Waals surface area contributed by atoms with Crippen LogP contribution < -0.4 is 5.32 Å². The van der Waals surface area contributed by atoms with E-state index >= 15 is 0 Å². The van der Waals surface area contributed by atoms with Crippen molar-refractivity contribution in [3.05, 3.63) is 34.9 Å². The van der Waals surface area contributed by atoms with Crippen molar-refractivity contribution in [2.75, 3.05) is 26.7 Å². The predicted octanol–water partition coefficient (Wildman–Crippen LogP) is 3.16. The van der Waals surface area contributed by atoms with E-state index < -0.39 is 0 Å². The molecule has 100 valence electrons. The van der Waals surface area contributed by atoms with Gasteiger partial charge >= 0.3 is 0 Å². The third-order valence-electron chi connectivity index (χ3n) is 3.80. The highest BCUT2D eigenvalue weighted by molar-refractivity contribution is 6.30. The lowest BCUT2D eigenvalue weighted by Gasteiger charge is -2.37. The molecular weight excluding hydrogens is 244 g/mol. The van der Waals surface area contributed by atoms with E-state index in [1.54, 1.807) is 0 Å². The molecule has 0 amide bonds. The second-order valence-corrected chi connectivity index (χ2v) is 6.30. The zero-order valence-corrected chi connectivity index (χ0v) is 12.1. The fourth-order valence-corrected chi connectivity index (χ4v) is 3.06. The number of hydrogen-bond donors (Lipinski definition) is 1. The van der Waals surface area contributed by atoms with Gasteiger partial charge in [-0.05, 0) is 56.1 Å². The first-order chi connectivity index (χ1) is 8.57. The van der Waals surface area contributed by atoms with E-state index in [1.807, 2.05) is 12.1 Å². The van der Waals surface area contributed by atoms with Gasteiger partial charge in [0.05, 0.1) is 0 Å². The van der Waals surface area contributed by atoms with Gasteiger partial charge in [0.15, 0.2) is 0 Å². The van der Waals surface area contributed by atoms with Crippen LogP contribution in [0.25, 0.3) is 0 Å². The van der Waals surface area contributed by atoms with Crippen LogP contribution in [0, 0.1) is 5.41 Å². The lowest BCUT2D eigenvalue weighted by atomic mass is 9.80. The van der Waals surface area contributed by atoms with Crippen molar-refractivity contribution in [1.82, 2.24) is 10.2 Å². The summed E-state index contributed by atoms with van der Waals surface area (Å²) in [7, 11) is 2.20. The number of halogens is 1. The molecule has 1 aliphatic rings. The largest absolute Gasteiger partial charge is 0.317 e. The predicted molar refractivity (Wildman–Crippen MR) is 78.0 cm³/mol. The third-order valence-corrected chi connectivity index (χ3v) is 4.04. The minimum absolute atomic E-state index is 0.457. The minimum Gasteiger partial charge on any atom is -0.317 e. The maximum Gasteiger partial charge on any atom is 0.0409 e. The molecule has 1 aromatic rings. The van der Waals surface area contributed by atoms with Gasteiger partial charge in [0.2, 0.25) is 0 Å². The van der Waals surface area contributed by atoms with E-state index in [0.29, 0.717) is 5.41 Å². The molecule has 2 nitrogen and oxygen atoms in total. The second kappa shape index (κ2) is 6.05. The minimum atomic E-state index is 0.457. The molecule has 1 fully saturated rings. The standard InChI is InChI=1S/C15H23ClN2/c1-15(6-8-17-9-7-15)12-18(2)11-13-4-3-5-14(16)10-13/h3-5,10,17H,6-9,11-12H2,1-2H3. The molecule has 1 aliphatic heterocycles. The molecule has 0 radical (unpaired) electrons. The molecule has 1 saturated heterocycles. The Balaban J connectivity index is 1.90. The smallest absolute Gasteiger partial charge is 0.0409 e. The average molecular weight is 267 g/mol. The molecule has 2 rings (SSSR count). The summed E-state index contributed by atoms with van der Waals surface area (Å²) in [5.41, 5.74) is 1.75. The third kappa shape index (κ3) is 3.98. The molecule has 3 heteroatoms. The number of nitrogens with zero attached hydrogens (tertiary/aromatic N) is 1. The number of nitrogens with one attached hydrogen (secondary N) is 1. The highest BCUT2D eigenvalue weighted by atomic mass is 35.5. The number of benzene rings is 1. The monoisotopic (exact) mass is 266 g/mol. The van der Waals surface area contributed by atoms with Crippen LogP contribution in [0.2, 0.25) is 5.02 Å². The zero-order chi connectivity index (χ0) is 13.0. The molecule has 0 spiro atoms. The lowest BCUT2D eigenvalue weighted by Crippen LogP contribution is -2.41. The van der Waals surface area contributed by atoms with Crippen LogP contribution in [0.4, 0.5) is 0 Å². The summed E-state index contributed by atoms with van der Waals surface area (Å²) < 4.78 is 0. The van der Waals surface area contributed by atoms with Gasteiger partial charge in [-0.2, -0.15) is 0 Å². The highest BCUT2D eigenvalue weighted by Gasteiger charge is 2.27. The summed E-state index contributed by atoms with van der Waals surface area (Å²) in [5.74, 6) is 0. The summed E-state index contributed by atoms with van der Waals surface area (Å²) in [6.07, 6.45) is 2.54. The van der Waals surface area contributed by atoms with Crippen LogP contribution in [-0.4, -0.2) is 31.6 Å². The quantitative estimate of drug-likeness (QED) is 0.901. The topological polar surface area (TPSA) is 15.3 Å². The average Bonchev–Trinajstić information content (AvgIpc) is 2.28. The Morgan fingerprint density at radius 1 is 1.33 bits per heavy atom. The summed E-state index contributed by atoms with van der Waals surface area (Å²) in [5, 5.41) is 4.26. The molecular formula is C15H23ClN2. The SMILES string of the molecule is CN(Cc1cccc(Cl)c1)CC1(C)CCNCC1. The maximum absolute atomic E-state index is 6.02. The number of rotatable bonds is 4. The first-order valence-electron chi connectivity index (χ1n) is 6.71. The van der Waals surface area contributed by atoms with E-state index in [4.69, 9.17) is 11.6 Å². The van der Waals surface area contributed by atoms with Crippen LogP contribution in [0.3, 0.4) is 0 Å². The number of hydrogen-bond acceptors (Lipinski definition) is 2. The second-order valence-electron chi connectivity index (χ2n) is 5.86. The molecule has 1 aromatic carbocycles. The number of piperidine rings is 1. The van der Waals surface area contributed by atoms with Gasteiger partial charge in [-0.25, -0.2) is 0 Å². The first kappa shape index (κ1) is 13.9. The molecule has 1 heterocycles. The van der Waals surface area contributed by atoms with Crippen LogP contribution in [0.1, 0.15) is 25.3 Å². The molecule has 0 saturated carbocycles. The van der Waals surface area contributed by atoms with Crippen molar-refractivity contribution in [3.63, 3.8) is 0 Å². The molecule has 0 atom stereocenters. The van der Waals surface area contributed by atoms with Crippen molar-refractivity contribution in [1.29, 1.82) is 0 Å². The summed E-state index contributed by atoms with van der Waals surface area (Å²) >= 11 is 6.02. The van der Waals surface area contributed by atoms with E-state index in [-0.39, 0.29) is 0 Å². The molecule has 18 heavy (non-hydrogen) atoms. The van der Waals surface area contributed by atoms with E-state index in [2.05, 4.69) is 36.3 Å². The van der Waals surface area contributed by atoms with Gasteiger partial charge in [0.25, 0.3) is 0 Å². The Morgan fingerprint density at radius 3 is 2.72 bits per heavy atom. The normalized spacial score (nSPS) is 19.1. The summed E-state index contributed by atoms with van der Waals surface area (Å²) in [6.45, 7) is 6.84. The molecule has 0 unspecified atom stereocenters. The van der Waals surface area contributed by atoms with Crippen molar-refractivity contribution in [3.8, 4) is 0 Å². The van der Waals surface area contributed by atoms with Crippen LogP contribution >= 0.6 is 11.6 Å². The van der Waals surface area contributed by atoms with Gasteiger partial charge in [-0.1, -0.05) is 30.7 Å². The van der Waals surface area contributed by atoms with Crippen molar-refractivity contribution < 1.29 is 0 Å². The van der Waals surface area contributed by atoms with Crippen LogP contribution in [-0.2, 0) is 6.54 Å². The Kier molecular flexibility index (Phi) is 4.66. The van der Waals surface area contributed by atoms with Crippen LogP contribution in [0.15, 0.2) is 24.3 Å². The van der Waals surface area contributed by atoms with Crippen molar-refractivity contribution in [2.24, 2.45) is 5.41 Å². The van der Waals surface area contributed by atoms with Gasteiger partial charge in [0.1, 0.15) is 0 Å². The maximum atomic E-state index is 6.02. The Labute approximate surface area is 115 Å². The fraction of sp³-hybridized carbons (Fsp3) is 0.600. The molecule has 1 N–H and O–H groups in total. The van der Waals surface area contributed by atoms with Crippen LogP contribution in [0.5, 0.6) is 0 Å².